The van der Waals surface area contributed by atoms with E-state index in [1.165, 1.54) is 7.11 Å². The first-order valence-electron chi connectivity index (χ1n) is 4.58. The molecule has 1 unspecified atom stereocenters. The van der Waals surface area contributed by atoms with Crippen LogP contribution in [0.4, 0.5) is 0 Å². The molecular formula is C9H14N2O3S. The van der Waals surface area contributed by atoms with Gasteiger partial charge in [-0.1, -0.05) is 6.92 Å². The van der Waals surface area contributed by atoms with Crippen LogP contribution in [0.3, 0.4) is 0 Å². The predicted molar refractivity (Wildman–Crippen MR) is 56.4 cm³/mol. The predicted octanol–water partition coefficient (Wildman–Crippen LogP) is 1.42. The molecule has 1 aromatic rings. The molecule has 0 saturated heterocycles. The normalized spacial score (nSPS) is 12.5. The van der Waals surface area contributed by atoms with Crippen LogP contribution < -0.4 is 0 Å². The third-order valence-electron chi connectivity index (χ3n) is 1.76. The zero-order valence-corrected chi connectivity index (χ0v) is 9.84. The lowest BCUT2D eigenvalue weighted by atomic mass is 10.2. The minimum Gasteiger partial charge on any atom is -0.469 e. The van der Waals surface area contributed by atoms with Crippen molar-refractivity contribution in [2.24, 2.45) is 5.92 Å². The van der Waals surface area contributed by atoms with Gasteiger partial charge in [0.25, 0.3) is 0 Å². The van der Waals surface area contributed by atoms with Gasteiger partial charge in [0.2, 0.25) is 11.8 Å². The summed E-state index contributed by atoms with van der Waals surface area (Å²) in [5, 5.41) is 7.57. The Bertz CT molecular complexity index is 327. The van der Waals surface area contributed by atoms with E-state index in [9.17, 15) is 4.79 Å². The van der Waals surface area contributed by atoms with Gasteiger partial charge >= 0.3 is 5.97 Å². The number of nitrogens with zero attached hydrogens (tertiary/aromatic N) is 2. The highest BCUT2D eigenvalue weighted by atomic mass is 32.2. The van der Waals surface area contributed by atoms with E-state index in [2.05, 4.69) is 14.9 Å². The van der Waals surface area contributed by atoms with Crippen molar-refractivity contribution in [2.75, 3.05) is 12.9 Å². The maximum atomic E-state index is 11.1. The van der Waals surface area contributed by atoms with Crippen LogP contribution in [0.1, 0.15) is 18.7 Å². The molecule has 0 fully saturated rings. The number of aryl methyl sites for hydroxylation is 1. The lowest BCUT2D eigenvalue weighted by Crippen LogP contribution is -2.14. The van der Waals surface area contributed by atoms with Crippen molar-refractivity contribution in [3.05, 3.63) is 11.8 Å². The lowest BCUT2D eigenvalue weighted by molar-refractivity contribution is -0.143. The number of hydrogen-bond donors (Lipinski definition) is 0. The molecule has 5 nitrogen and oxygen atoms in total. The second-order valence-electron chi connectivity index (χ2n) is 3.15. The van der Waals surface area contributed by atoms with Crippen molar-refractivity contribution in [1.82, 2.24) is 10.2 Å². The summed E-state index contributed by atoms with van der Waals surface area (Å²) in [5.74, 6) is 2.17. The van der Waals surface area contributed by atoms with Gasteiger partial charge in [-0.2, -0.15) is 11.8 Å². The van der Waals surface area contributed by atoms with E-state index < -0.39 is 0 Å². The Morgan fingerprint density at radius 2 is 2.33 bits per heavy atom. The largest absolute Gasteiger partial charge is 0.469 e. The summed E-state index contributed by atoms with van der Waals surface area (Å²) in [6, 6.07) is 0. The Morgan fingerprint density at radius 1 is 1.60 bits per heavy atom. The van der Waals surface area contributed by atoms with E-state index in [1.54, 1.807) is 18.7 Å². The molecule has 1 aromatic heterocycles. The smallest absolute Gasteiger partial charge is 0.309 e. The summed E-state index contributed by atoms with van der Waals surface area (Å²) in [6.07, 6.45) is 0. The minimum absolute atomic E-state index is 0.107. The molecule has 1 heterocycles. The van der Waals surface area contributed by atoms with Crippen LogP contribution in [0.15, 0.2) is 4.42 Å². The van der Waals surface area contributed by atoms with Crippen molar-refractivity contribution in [2.45, 2.75) is 19.6 Å². The number of esters is 1. The maximum Gasteiger partial charge on any atom is 0.309 e. The third-order valence-corrected chi connectivity index (χ3v) is 2.95. The van der Waals surface area contributed by atoms with E-state index >= 15 is 0 Å². The number of carbonyl (C=O) groups is 1. The van der Waals surface area contributed by atoms with Gasteiger partial charge < -0.3 is 9.15 Å². The number of hydrogen-bond acceptors (Lipinski definition) is 6. The van der Waals surface area contributed by atoms with E-state index in [1.807, 2.05) is 6.92 Å². The SMILES string of the molecule is COC(=O)C(C)CSCc1nnc(C)o1. The molecule has 84 valence electrons. The summed E-state index contributed by atoms with van der Waals surface area (Å²) in [5.41, 5.74) is 0. The maximum absolute atomic E-state index is 11.1. The number of thioether (sulfide) groups is 1. The molecule has 0 aliphatic heterocycles. The molecule has 0 amide bonds. The average Bonchev–Trinajstić information content (AvgIpc) is 2.63. The fourth-order valence-electron chi connectivity index (χ4n) is 0.988. The molecule has 0 saturated carbocycles. The van der Waals surface area contributed by atoms with Crippen LogP contribution in [0.2, 0.25) is 0 Å². The molecule has 1 atom stereocenters. The Kier molecular flexibility index (Phi) is 4.61. The fraction of sp³-hybridized carbons (Fsp3) is 0.667. The van der Waals surface area contributed by atoms with Crippen LogP contribution in [-0.4, -0.2) is 29.0 Å². The lowest BCUT2D eigenvalue weighted by Gasteiger charge is -2.06. The van der Waals surface area contributed by atoms with E-state index in [0.29, 0.717) is 23.3 Å². The first-order chi connectivity index (χ1) is 7.13. The van der Waals surface area contributed by atoms with Crippen LogP contribution >= 0.6 is 11.8 Å². The highest BCUT2D eigenvalue weighted by Crippen LogP contribution is 2.15. The zero-order valence-electron chi connectivity index (χ0n) is 9.02. The van der Waals surface area contributed by atoms with Gasteiger partial charge in [-0.15, -0.1) is 10.2 Å². The number of ether oxygens (including phenoxy) is 1. The van der Waals surface area contributed by atoms with Crippen LogP contribution in [-0.2, 0) is 15.3 Å². The van der Waals surface area contributed by atoms with E-state index in [0.717, 1.165) is 0 Å². The monoisotopic (exact) mass is 230 g/mol. The van der Waals surface area contributed by atoms with E-state index in [-0.39, 0.29) is 11.9 Å². The second kappa shape index (κ2) is 5.75. The topological polar surface area (TPSA) is 65.2 Å². The first kappa shape index (κ1) is 12.0. The average molecular weight is 230 g/mol. The highest BCUT2D eigenvalue weighted by Gasteiger charge is 2.13. The minimum atomic E-state index is -0.191. The molecule has 0 radical (unpaired) electrons. The van der Waals surface area contributed by atoms with Crippen molar-refractivity contribution in [3.63, 3.8) is 0 Å². The van der Waals surface area contributed by atoms with Crippen LogP contribution in [0.25, 0.3) is 0 Å². The molecule has 0 N–H and O–H groups in total. The van der Waals surface area contributed by atoms with Gasteiger partial charge in [0.15, 0.2) is 0 Å². The second-order valence-corrected chi connectivity index (χ2v) is 4.18. The molecule has 0 aromatic carbocycles. The Labute approximate surface area is 92.6 Å². The van der Waals surface area contributed by atoms with Gasteiger partial charge in [-0.3, -0.25) is 4.79 Å². The van der Waals surface area contributed by atoms with Gasteiger partial charge in [0.05, 0.1) is 18.8 Å². The molecular weight excluding hydrogens is 216 g/mol. The number of aromatic nitrogens is 2. The molecule has 15 heavy (non-hydrogen) atoms. The van der Waals surface area contributed by atoms with Crippen molar-refractivity contribution in [1.29, 1.82) is 0 Å². The van der Waals surface area contributed by atoms with Gasteiger partial charge in [0, 0.05) is 12.7 Å². The van der Waals surface area contributed by atoms with Gasteiger partial charge in [0.1, 0.15) is 0 Å². The zero-order chi connectivity index (χ0) is 11.3. The Balaban J connectivity index is 2.24. The summed E-state index contributed by atoms with van der Waals surface area (Å²) in [4.78, 5) is 11.1. The van der Waals surface area contributed by atoms with Crippen molar-refractivity contribution >= 4 is 17.7 Å². The van der Waals surface area contributed by atoms with Crippen LogP contribution in [0, 0.1) is 12.8 Å². The quantitative estimate of drug-likeness (QED) is 0.713. The molecule has 0 aliphatic carbocycles. The van der Waals surface area contributed by atoms with Crippen LogP contribution in [0.5, 0.6) is 0 Å². The first-order valence-corrected chi connectivity index (χ1v) is 5.73. The summed E-state index contributed by atoms with van der Waals surface area (Å²) >= 11 is 1.57. The fourth-order valence-corrected chi connectivity index (χ4v) is 1.89. The van der Waals surface area contributed by atoms with Gasteiger partial charge in [-0.25, -0.2) is 0 Å². The Morgan fingerprint density at radius 3 is 2.87 bits per heavy atom. The van der Waals surface area contributed by atoms with Gasteiger partial charge in [-0.05, 0) is 0 Å². The standard InChI is InChI=1S/C9H14N2O3S/c1-6(9(12)13-3)4-15-5-8-11-10-7(2)14-8/h6H,4-5H2,1-3H3. The Hall–Kier alpha value is -1.04. The summed E-state index contributed by atoms with van der Waals surface area (Å²) in [7, 11) is 1.39. The molecule has 1 rings (SSSR count). The van der Waals surface area contributed by atoms with Crippen molar-refractivity contribution in [3.8, 4) is 0 Å². The third kappa shape index (κ3) is 3.91. The number of methoxy groups -OCH3 is 1. The van der Waals surface area contributed by atoms with Crippen molar-refractivity contribution < 1.29 is 13.9 Å². The molecule has 0 bridgehead atoms. The number of rotatable bonds is 5. The summed E-state index contributed by atoms with van der Waals surface area (Å²) < 4.78 is 9.81. The molecule has 0 spiro atoms. The highest BCUT2D eigenvalue weighted by molar-refractivity contribution is 7.98. The summed E-state index contributed by atoms with van der Waals surface area (Å²) in [6.45, 7) is 3.58. The van der Waals surface area contributed by atoms with E-state index in [4.69, 9.17) is 4.42 Å². The number of carbonyl (C=O) groups excluding carboxylic acids is 1. The molecule has 0 aliphatic rings. The molecule has 6 heteroatoms.